The lowest BCUT2D eigenvalue weighted by Gasteiger charge is -2.34. The van der Waals surface area contributed by atoms with Gasteiger partial charge in [0, 0.05) is 48.3 Å². The summed E-state index contributed by atoms with van der Waals surface area (Å²) < 4.78 is 25.4. The van der Waals surface area contributed by atoms with E-state index in [-0.39, 0.29) is 18.5 Å². The van der Waals surface area contributed by atoms with Crippen LogP contribution in [0.25, 0.3) is 0 Å². The average Bonchev–Trinajstić information content (AvgIpc) is 3.12. The number of rotatable bonds is 3. The minimum Gasteiger partial charge on any atom is -0.454 e. The molecule has 0 unspecified atom stereocenters. The standard InChI is InChI=1S/C19H18BrFN2O3/c20-15-2-3-16(21)14(9-15)11-22-5-7-23(8-6-22)19(24)13-1-4-17-18(10-13)26-12-25-17/h1-4,9-10H,5-8,11-12H2. The van der Waals surface area contributed by atoms with Gasteiger partial charge < -0.3 is 14.4 Å². The molecule has 136 valence electrons. The summed E-state index contributed by atoms with van der Waals surface area (Å²) in [6.07, 6.45) is 0. The SMILES string of the molecule is O=C(c1ccc2c(c1)OCO2)N1CCN(Cc2cc(Br)ccc2F)CC1. The van der Waals surface area contributed by atoms with Crippen molar-refractivity contribution in [3.63, 3.8) is 0 Å². The maximum absolute atomic E-state index is 13.9. The van der Waals surface area contributed by atoms with E-state index in [1.165, 1.54) is 6.07 Å². The fourth-order valence-corrected chi connectivity index (χ4v) is 3.64. The molecule has 26 heavy (non-hydrogen) atoms. The van der Waals surface area contributed by atoms with E-state index >= 15 is 0 Å². The largest absolute Gasteiger partial charge is 0.454 e. The Morgan fingerprint density at radius 1 is 1.04 bits per heavy atom. The van der Waals surface area contributed by atoms with Gasteiger partial charge in [-0.1, -0.05) is 15.9 Å². The number of amides is 1. The number of ether oxygens (including phenoxy) is 2. The highest BCUT2D eigenvalue weighted by molar-refractivity contribution is 9.10. The Bertz CT molecular complexity index is 838. The van der Waals surface area contributed by atoms with E-state index < -0.39 is 0 Å². The molecule has 0 spiro atoms. The van der Waals surface area contributed by atoms with Crippen LogP contribution in [0.2, 0.25) is 0 Å². The van der Waals surface area contributed by atoms with Crippen LogP contribution in [-0.4, -0.2) is 48.7 Å². The third-order valence-corrected chi connectivity index (χ3v) is 5.17. The Kier molecular flexibility index (Phi) is 4.82. The Hall–Kier alpha value is -2.12. The van der Waals surface area contributed by atoms with Gasteiger partial charge in [0.05, 0.1) is 0 Å². The van der Waals surface area contributed by atoms with Crippen molar-refractivity contribution in [2.75, 3.05) is 33.0 Å². The Morgan fingerprint density at radius 3 is 2.62 bits per heavy atom. The lowest BCUT2D eigenvalue weighted by Crippen LogP contribution is -2.48. The highest BCUT2D eigenvalue weighted by atomic mass is 79.9. The molecule has 2 aromatic carbocycles. The fourth-order valence-electron chi connectivity index (χ4n) is 3.23. The summed E-state index contributed by atoms with van der Waals surface area (Å²) in [5.41, 5.74) is 1.26. The highest BCUT2D eigenvalue weighted by Gasteiger charge is 2.24. The molecule has 2 aromatic rings. The summed E-state index contributed by atoms with van der Waals surface area (Å²) in [4.78, 5) is 16.7. The zero-order valence-corrected chi connectivity index (χ0v) is 15.7. The van der Waals surface area contributed by atoms with Crippen molar-refractivity contribution in [1.82, 2.24) is 9.80 Å². The van der Waals surface area contributed by atoms with Crippen LogP contribution < -0.4 is 9.47 Å². The zero-order valence-electron chi connectivity index (χ0n) is 14.1. The molecule has 2 heterocycles. The number of carbonyl (C=O) groups is 1. The van der Waals surface area contributed by atoms with E-state index in [9.17, 15) is 9.18 Å². The number of hydrogen-bond donors (Lipinski definition) is 0. The molecule has 0 N–H and O–H groups in total. The smallest absolute Gasteiger partial charge is 0.254 e. The lowest BCUT2D eigenvalue weighted by atomic mass is 10.1. The lowest BCUT2D eigenvalue weighted by molar-refractivity contribution is 0.0626. The molecule has 4 rings (SSSR count). The van der Waals surface area contributed by atoms with Gasteiger partial charge in [0.25, 0.3) is 5.91 Å². The van der Waals surface area contributed by atoms with Crippen LogP contribution in [0.5, 0.6) is 11.5 Å². The van der Waals surface area contributed by atoms with Crippen LogP contribution in [0, 0.1) is 5.82 Å². The maximum atomic E-state index is 13.9. The molecule has 2 aliphatic rings. The summed E-state index contributed by atoms with van der Waals surface area (Å²) >= 11 is 3.38. The molecule has 0 radical (unpaired) electrons. The van der Waals surface area contributed by atoms with Gasteiger partial charge in [-0.15, -0.1) is 0 Å². The first-order valence-electron chi connectivity index (χ1n) is 8.45. The summed E-state index contributed by atoms with van der Waals surface area (Å²) in [5, 5.41) is 0. The predicted molar refractivity (Wildman–Crippen MR) is 97.8 cm³/mol. The van der Waals surface area contributed by atoms with Crippen LogP contribution >= 0.6 is 15.9 Å². The molecule has 0 atom stereocenters. The second-order valence-corrected chi connectivity index (χ2v) is 7.29. The molecule has 0 saturated carbocycles. The maximum Gasteiger partial charge on any atom is 0.254 e. The van der Waals surface area contributed by atoms with E-state index in [4.69, 9.17) is 9.47 Å². The predicted octanol–water partition coefficient (Wildman–Crippen LogP) is 3.27. The summed E-state index contributed by atoms with van der Waals surface area (Å²) in [7, 11) is 0. The number of piperazine rings is 1. The molecule has 1 fully saturated rings. The second kappa shape index (κ2) is 7.25. The summed E-state index contributed by atoms with van der Waals surface area (Å²) in [6, 6.07) is 10.2. The quantitative estimate of drug-likeness (QED) is 0.763. The first-order chi connectivity index (χ1) is 12.6. The van der Waals surface area contributed by atoms with E-state index in [0.29, 0.717) is 55.3 Å². The molecule has 2 aliphatic heterocycles. The fraction of sp³-hybridized carbons (Fsp3) is 0.316. The van der Waals surface area contributed by atoms with Crippen molar-refractivity contribution in [3.05, 3.63) is 57.8 Å². The normalized spacial score (nSPS) is 16.8. The van der Waals surface area contributed by atoms with Gasteiger partial charge >= 0.3 is 0 Å². The van der Waals surface area contributed by atoms with Gasteiger partial charge in [-0.3, -0.25) is 9.69 Å². The van der Waals surface area contributed by atoms with Gasteiger partial charge in [-0.05, 0) is 36.4 Å². The van der Waals surface area contributed by atoms with Gasteiger partial charge in [0.15, 0.2) is 11.5 Å². The number of carbonyl (C=O) groups excluding carboxylic acids is 1. The van der Waals surface area contributed by atoms with Crippen LogP contribution in [-0.2, 0) is 6.54 Å². The van der Waals surface area contributed by atoms with Gasteiger partial charge in [-0.2, -0.15) is 0 Å². The average molecular weight is 421 g/mol. The second-order valence-electron chi connectivity index (χ2n) is 6.37. The van der Waals surface area contributed by atoms with Gasteiger partial charge in [0.2, 0.25) is 6.79 Å². The molecule has 5 nitrogen and oxygen atoms in total. The number of hydrogen-bond acceptors (Lipinski definition) is 4. The minimum atomic E-state index is -0.202. The molecule has 1 amide bonds. The minimum absolute atomic E-state index is 0.0170. The molecular weight excluding hydrogens is 403 g/mol. The monoisotopic (exact) mass is 420 g/mol. The van der Waals surface area contributed by atoms with Gasteiger partial charge in [-0.25, -0.2) is 4.39 Å². The van der Waals surface area contributed by atoms with E-state index in [2.05, 4.69) is 20.8 Å². The van der Waals surface area contributed by atoms with Crippen molar-refractivity contribution in [2.45, 2.75) is 6.54 Å². The first kappa shape index (κ1) is 17.3. The summed E-state index contributed by atoms with van der Waals surface area (Å²) in [6.45, 7) is 3.38. The van der Waals surface area contributed by atoms with E-state index in [0.717, 1.165) is 4.47 Å². The van der Waals surface area contributed by atoms with Crippen molar-refractivity contribution in [1.29, 1.82) is 0 Å². The number of fused-ring (bicyclic) bond motifs is 1. The Balaban J connectivity index is 1.37. The number of halogens is 2. The van der Waals surface area contributed by atoms with Crippen molar-refractivity contribution in [2.24, 2.45) is 0 Å². The molecule has 0 aromatic heterocycles. The number of benzene rings is 2. The molecular formula is C19H18BrFN2O3. The molecule has 0 aliphatic carbocycles. The van der Waals surface area contributed by atoms with Crippen molar-refractivity contribution >= 4 is 21.8 Å². The molecule has 1 saturated heterocycles. The van der Waals surface area contributed by atoms with Crippen LogP contribution in [0.1, 0.15) is 15.9 Å². The van der Waals surface area contributed by atoms with E-state index in [1.807, 2.05) is 4.90 Å². The molecule has 0 bridgehead atoms. The Morgan fingerprint density at radius 2 is 1.81 bits per heavy atom. The Labute approximate surface area is 159 Å². The third-order valence-electron chi connectivity index (χ3n) is 4.68. The third kappa shape index (κ3) is 3.54. The van der Waals surface area contributed by atoms with Gasteiger partial charge in [0.1, 0.15) is 5.82 Å². The zero-order chi connectivity index (χ0) is 18.1. The van der Waals surface area contributed by atoms with E-state index in [1.54, 1.807) is 30.3 Å². The topological polar surface area (TPSA) is 42.0 Å². The van der Waals surface area contributed by atoms with Crippen LogP contribution in [0.3, 0.4) is 0 Å². The highest BCUT2D eigenvalue weighted by Crippen LogP contribution is 2.32. The molecule has 7 heteroatoms. The first-order valence-corrected chi connectivity index (χ1v) is 9.25. The van der Waals surface area contributed by atoms with Crippen LogP contribution in [0.15, 0.2) is 40.9 Å². The van der Waals surface area contributed by atoms with Crippen molar-refractivity contribution in [3.8, 4) is 11.5 Å². The number of nitrogens with zero attached hydrogens (tertiary/aromatic N) is 2. The van der Waals surface area contributed by atoms with Crippen LogP contribution in [0.4, 0.5) is 4.39 Å². The van der Waals surface area contributed by atoms with Crippen molar-refractivity contribution < 1.29 is 18.7 Å². The summed E-state index contributed by atoms with van der Waals surface area (Å²) in [5.74, 6) is 1.06.